The predicted octanol–water partition coefficient (Wildman–Crippen LogP) is 1.50. The Morgan fingerprint density at radius 3 is 2.86 bits per heavy atom. The first-order valence-corrected chi connectivity index (χ1v) is 7.82. The molecule has 6 nitrogen and oxygen atoms in total. The highest BCUT2D eigenvalue weighted by atomic mass is 16.5. The average molecular weight is 292 g/mol. The van der Waals surface area contributed by atoms with Crippen molar-refractivity contribution in [3.63, 3.8) is 0 Å². The van der Waals surface area contributed by atoms with E-state index in [2.05, 4.69) is 20.2 Å². The summed E-state index contributed by atoms with van der Waals surface area (Å²) < 4.78 is 10.6. The first-order chi connectivity index (χ1) is 10.3. The van der Waals surface area contributed by atoms with E-state index < -0.39 is 0 Å². The van der Waals surface area contributed by atoms with Crippen LogP contribution in [0.5, 0.6) is 5.88 Å². The summed E-state index contributed by atoms with van der Waals surface area (Å²) in [6.45, 7) is 5.85. The summed E-state index contributed by atoms with van der Waals surface area (Å²) in [6, 6.07) is 1.88. The molecule has 0 unspecified atom stereocenters. The second-order valence-corrected chi connectivity index (χ2v) is 5.66. The van der Waals surface area contributed by atoms with Crippen LogP contribution in [0.3, 0.4) is 0 Å². The van der Waals surface area contributed by atoms with E-state index in [0.29, 0.717) is 11.8 Å². The number of nitrogens with one attached hydrogen (secondary N) is 1. The Labute approximate surface area is 125 Å². The molecular weight excluding hydrogens is 268 g/mol. The second-order valence-electron chi connectivity index (χ2n) is 5.66. The van der Waals surface area contributed by atoms with Crippen LogP contribution >= 0.6 is 0 Å². The molecule has 1 aromatic rings. The molecule has 0 atom stereocenters. The van der Waals surface area contributed by atoms with Gasteiger partial charge >= 0.3 is 0 Å². The van der Waals surface area contributed by atoms with E-state index in [1.54, 1.807) is 7.11 Å². The van der Waals surface area contributed by atoms with Crippen LogP contribution < -0.4 is 10.1 Å². The van der Waals surface area contributed by atoms with Crippen molar-refractivity contribution in [2.45, 2.75) is 25.2 Å². The second kappa shape index (κ2) is 7.04. The number of nitrogens with zero attached hydrogens (tertiary/aromatic N) is 3. The molecule has 2 heterocycles. The molecule has 3 rings (SSSR count). The number of rotatable bonds is 7. The molecule has 1 aliphatic carbocycles. The lowest BCUT2D eigenvalue weighted by Crippen LogP contribution is -2.37. The third kappa shape index (κ3) is 4.28. The summed E-state index contributed by atoms with van der Waals surface area (Å²) in [5.41, 5.74) is 0. The molecule has 0 radical (unpaired) electrons. The maximum atomic E-state index is 5.35. The fourth-order valence-corrected chi connectivity index (χ4v) is 2.51. The van der Waals surface area contributed by atoms with Crippen LogP contribution in [-0.2, 0) is 4.74 Å². The predicted molar refractivity (Wildman–Crippen MR) is 80.9 cm³/mol. The number of hydrogen-bond donors (Lipinski definition) is 1. The fourth-order valence-electron chi connectivity index (χ4n) is 2.51. The van der Waals surface area contributed by atoms with Crippen LogP contribution in [0.15, 0.2) is 6.07 Å². The zero-order valence-electron chi connectivity index (χ0n) is 12.7. The van der Waals surface area contributed by atoms with Gasteiger partial charge in [0.05, 0.1) is 20.3 Å². The van der Waals surface area contributed by atoms with Gasteiger partial charge < -0.3 is 14.8 Å². The zero-order valence-corrected chi connectivity index (χ0v) is 12.7. The lowest BCUT2D eigenvalue weighted by atomic mass is 10.3. The van der Waals surface area contributed by atoms with E-state index in [1.807, 2.05) is 6.07 Å². The van der Waals surface area contributed by atoms with Gasteiger partial charge in [0.25, 0.3) is 0 Å². The SMILES string of the molecule is COc1cc(NCCCN2CCOCC2)nc(C2CC2)n1. The highest BCUT2D eigenvalue weighted by molar-refractivity contribution is 5.39. The summed E-state index contributed by atoms with van der Waals surface area (Å²) in [6.07, 6.45) is 3.50. The van der Waals surface area contributed by atoms with E-state index in [4.69, 9.17) is 9.47 Å². The van der Waals surface area contributed by atoms with E-state index >= 15 is 0 Å². The van der Waals surface area contributed by atoms with Crippen LogP contribution in [0.4, 0.5) is 5.82 Å². The number of ether oxygens (including phenoxy) is 2. The molecule has 1 saturated heterocycles. The van der Waals surface area contributed by atoms with Gasteiger partial charge in [-0.15, -0.1) is 0 Å². The van der Waals surface area contributed by atoms with E-state index in [9.17, 15) is 0 Å². The number of hydrogen-bond acceptors (Lipinski definition) is 6. The van der Waals surface area contributed by atoms with Gasteiger partial charge in [-0.1, -0.05) is 0 Å². The van der Waals surface area contributed by atoms with E-state index in [1.165, 1.54) is 12.8 Å². The maximum absolute atomic E-state index is 5.35. The van der Waals surface area contributed by atoms with Crippen LogP contribution in [0.25, 0.3) is 0 Å². The van der Waals surface area contributed by atoms with Crippen LogP contribution in [-0.4, -0.2) is 61.4 Å². The first kappa shape index (κ1) is 14.5. The van der Waals surface area contributed by atoms with Crippen LogP contribution in [0.1, 0.15) is 31.0 Å². The van der Waals surface area contributed by atoms with Crippen LogP contribution in [0.2, 0.25) is 0 Å². The molecule has 1 aromatic heterocycles. The quantitative estimate of drug-likeness (QED) is 0.769. The minimum absolute atomic E-state index is 0.536. The first-order valence-electron chi connectivity index (χ1n) is 7.82. The molecule has 1 saturated carbocycles. The third-order valence-corrected chi connectivity index (χ3v) is 3.93. The van der Waals surface area contributed by atoms with Gasteiger partial charge in [0, 0.05) is 31.6 Å². The molecule has 116 valence electrons. The number of morpholine rings is 1. The van der Waals surface area contributed by atoms with Gasteiger partial charge in [0.2, 0.25) is 5.88 Å². The number of methoxy groups -OCH3 is 1. The molecule has 0 amide bonds. The average Bonchev–Trinajstić information content (AvgIpc) is 3.37. The monoisotopic (exact) mass is 292 g/mol. The Hall–Kier alpha value is -1.40. The van der Waals surface area contributed by atoms with Crippen molar-refractivity contribution in [1.82, 2.24) is 14.9 Å². The molecule has 2 fully saturated rings. The Morgan fingerprint density at radius 2 is 2.14 bits per heavy atom. The Morgan fingerprint density at radius 1 is 1.33 bits per heavy atom. The van der Waals surface area contributed by atoms with E-state index in [0.717, 1.165) is 57.5 Å². The standard InChI is InChI=1S/C15H24N4O2/c1-20-14-11-13(17-15(18-14)12-3-4-12)16-5-2-6-19-7-9-21-10-8-19/h11-12H,2-10H2,1H3,(H,16,17,18). The van der Waals surface area contributed by atoms with Crippen molar-refractivity contribution in [2.24, 2.45) is 0 Å². The lowest BCUT2D eigenvalue weighted by molar-refractivity contribution is 0.0378. The molecule has 1 aliphatic heterocycles. The normalized spacial score (nSPS) is 19.5. The van der Waals surface area contributed by atoms with Crippen molar-refractivity contribution in [1.29, 1.82) is 0 Å². The Bertz CT molecular complexity index is 459. The largest absolute Gasteiger partial charge is 0.481 e. The van der Waals surface area contributed by atoms with Crippen molar-refractivity contribution >= 4 is 5.82 Å². The minimum Gasteiger partial charge on any atom is -0.481 e. The highest BCUT2D eigenvalue weighted by Crippen LogP contribution is 2.39. The van der Waals surface area contributed by atoms with Gasteiger partial charge in [0.1, 0.15) is 11.6 Å². The van der Waals surface area contributed by atoms with Crippen LogP contribution in [0, 0.1) is 0 Å². The van der Waals surface area contributed by atoms with Gasteiger partial charge in [0.15, 0.2) is 0 Å². The third-order valence-electron chi connectivity index (χ3n) is 3.93. The topological polar surface area (TPSA) is 59.5 Å². The molecule has 6 heteroatoms. The summed E-state index contributed by atoms with van der Waals surface area (Å²) in [5.74, 6) is 2.99. The van der Waals surface area contributed by atoms with Crippen molar-refractivity contribution < 1.29 is 9.47 Å². The van der Waals surface area contributed by atoms with Crippen molar-refractivity contribution in [3.05, 3.63) is 11.9 Å². The summed E-state index contributed by atoms with van der Waals surface area (Å²) in [4.78, 5) is 11.5. The summed E-state index contributed by atoms with van der Waals surface area (Å²) in [5, 5.41) is 3.39. The summed E-state index contributed by atoms with van der Waals surface area (Å²) in [7, 11) is 1.65. The van der Waals surface area contributed by atoms with Gasteiger partial charge in [-0.05, 0) is 25.8 Å². The molecule has 1 N–H and O–H groups in total. The smallest absolute Gasteiger partial charge is 0.218 e. The van der Waals surface area contributed by atoms with Gasteiger partial charge in [-0.25, -0.2) is 4.98 Å². The molecule has 0 spiro atoms. The molecule has 21 heavy (non-hydrogen) atoms. The fraction of sp³-hybridized carbons (Fsp3) is 0.733. The number of anilines is 1. The Balaban J connectivity index is 1.46. The zero-order chi connectivity index (χ0) is 14.5. The minimum atomic E-state index is 0.536. The van der Waals surface area contributed by atoms with Gasteiger partial charge in [-0.2, -0.15) is 4.98 Å². The molecule has 0 bridgehead atoms. The summed E-state index contributed by atoms with van der Waals surface area (Å²) >= 11 is 0. The maximum Gasteiger partial charge on any atom is 0.218 e. The van der Waals surface area contributed by atoms with E-state index in [-0.39, 0.29) is 0 Å². The molecule has 2 aliphatic rings. The van der Waals surface area contributed by atoms with Crippen molar-refractivity contribution in [3.8, 4) is 5.88 Å². The number of aromatic nitrogens is 2. The highest BCUT2D eigenvalue weighted by Gasteiger charge is 2.27. The lowest BCUT2D eigenvalue weighted by Gasteiger charge is -2.26. The molecular formula is C15H24N4O2. The molecule has 0 aromatic carbocycles. The van der Waals surface area contributed by atoms with Gasteiger partial charge in [-0.3, -0.25) is 4.90 Å². The Kier molecular flexibility index (Phi) is 4.87. The van der Waals surface area contributed by atoms with Crippen molar-refractivity contribution in [2.75, 3.05) is 51.8 Å².